The fourth-order valence-corrected chi connectivity index (χ4v) is 6.08. The summed E-state index contributed by atoms with van der Waals surface area (Å²) in [4.78, 5) is 26.4. The van der Waals surface area contributed by atoms with Crippen molar-refractivity contribution in [1.82, 2.24) is 5.32 Å². The molecule has 0 spiro atoms. The van der Waals surface area contributed by atoms with E-state index >= 15 is 0 Å². The van der Waals surface area contributed by atoms with Crippen LogP contribution < -0.4 is 24.4 Å². The maximum Gasteiger partial charge on any atom is 0.264 e. The molecule has 1 aliphatic rings. The molecule has 3 aromatic rings. The average Bonchev–Trinajstić information content (AvgIpc) is 2.96. The Morgan fingerprint density at radius 1 is 0.897 bits per heavy atom. The lowest BCUT2D eigenvalue weighted by Crippen LogP contribution is -2.39. The Kier molecular flexibility index (Phi) is 9.08. The van der Waals surface area contributed by atoms with E-state index in [1.54, 1.807) is 54.6 Å². The van der Waals surface area contributed by atoms with E-state index in [-0.39, 0.29) is 28.3 Å². The summed E-state index contributed by atoms with van der Waals surface area (Å²) in [5.74, 6) is -0.211. The smallest absolute Gasteiger partial charge is 0.264 e. The van der Waals surface area contributed by atoms with Crippen LogP contribution in [0.4, 0.5) is 11.4 Å². The predicted molar refractivity (Wildman–Crippen MR) is 150 cm³/mol. The van der Waals surface area contributed by atoms with E-state index < -0.39 is 22.5 Å². The number of ether oxygens (including phenoxy) is 2. The number of amides is 2. The van der Waals surface area contributed by atoms with Crippen molar-refractivity contribution in [2.24, 2.45) is 0 Å². The molecule has 0 heterocycles. The van der Waals surface area contributed by atoms with Crippen LogP contribution in [0.5, 0.6) is 11.5 Å². The van der Waals surface area contributed by atoms with Crippen LogP contribution in [0.3, 0.4) is 0 Å². The van der Waals surface area contributed by atoms with Crippen LogP contribution in [0, 0.1) is 0 Å². The second kappa shape index (κ2) is 12.7. The number of nitrogens with one attached hydrogen (secondary N) is 2. The van der Waals surface area contributed by atoms with Crippen LogP contribution in [0.25, 0.3) is 0 Å². The average molecular weight is 552 g/mol. The molecular formula is C29H33N3O6S. The molecule has 1 saturated carbocycles. The molecule has 1 aliphatic carbocycles. The zero-order chi connectivity index (χ0) is 27.8. The van der Waals surface area contributed by atoms with Gasteiger partial charge in [0.1, 0.15) is 18.0 Å². The number of hydrogen-bond donors (Lipinski definition) is 2. The van der Waals surface area contributed by atoms with Crippen molar-refractivity contribution in [3.63, 3.8) is 0 Å². The molecule has 0 aromatic heterocycles. The number of nitrogens with zero attached hydrogens (tertiary/aromatic N) is 1. The number of anilines is 2. The lowest BCUT2D eigenvalue weighted by molar-refractivity contribution is -0.114. The van der Waals surface area contributed by atoms with E-state index in [0.29, 0.717) is 17.0 Å². The summed E-state index contributed by atoms with van der Waals surface area (Å²) in [7, 11) is -1.27. The van der Waals surface area contributed by atoms with Crippen molar-refractivity contribution >= 4 is 33.2 Å². The molecule has 2 N–H and O–H groups in total. The van der Waals surface area contributed by atoms with E-state index in [1.165, 1.54) is 38.8 Å². The van der Waals surface area contributed by atoms with Gasteiger partial charge in [0, 0.05) is 12.1 Å². The summed E-state index contributed by atoms with van der Waals surface area (Å²) >= 11 is 0. The van der Waals surface area contributed by atoms with Crippen molar-refractivity contribution in [3.8, 4) is 11.5 Å². The van der Waals surface area contributed by atoms with Gasteiger partial charge in [-0.2, -0.15) is 0 Å². The number of para-hydroxylation sites is 1. The van der Waals surface area contributed by atoms with Crippen molar-refractivity contribution < 1.29 is 27.5 Å². The van der Waals surface area contributed by atoms with Crippen LogP contribution in [0.1, 0.15) is 42.5 Å². The molecule has 0 saturated heterocycles. The summed E-state index contributed by atoms with van der Waals surface area (Å²) in [5.41, 5.74) is 0.783. The SMILES string of the molecule is COc1ccc(N(CC(=O)Nc2ccccc2C(=O)NC2CCCCC2)S(=O)(=O)c2ccccc2)c(OC)c1. The van der Waals surface area contributed by atoms with Gasteiger partial charge < -0.3 is 20.1 Å². The minimum Gasteiger partial charge on any atom is -0.497 e. The van der Waals surface area contributed by atoms with E-state index in [2.05, 4.69) is 10.6 Å². The number of carbonyl (C=O) groups is 2. The molecule has 0 bridgehead atoms. The van der Waals surface area contributed by atoms with Gasteiger partial charge in [-0.1, -0.05) is 49.6 Å². The normalized spacial score (nSPS) is 13.8. The van der Waals surface area contributed by atoms with Crippen LogP contribution in [-0.2, 0) is 14.8 Å². The number of benzene rings is 3. The molecule has 1 fully saturated rings. The van der Waals surface area contributed by atoms with Crippen molar-refractivity contribution in [3.05, 3.63) is 78.4 Å². The Morgan fingerprint density at radius 2 is 1.59 bits per heavy atom. The molecule has 4 rings (SSSR count). The topological polar surface area (TPSA) is 114 Å². The van der Waals surface area contributed by atoms with Crippen molar-refractivity contribution in [1.29, 1.82) is 0 Å². The highest BCUT2D eigenvalue weighted by Gasteiger charge is 2.30. The molecule has 10 heteroatoms. The number of hydrogen-bond acceptors (Lipinski definition) is 6. The monoisotopic (exact) mass is 551 g/mol. The van der Waals surface area contributed by atoms with E-state index in [1.807, 2.05) is 0 Å². The summed E-state index contributed by atoms with van der Waals surface area (Å²) in [6.07, 6.45) is 5.17. The third-order valence-corrected chi connectivity index (χ3v) is 8.43. The molecule has 0 atom stereocenters. The Balaban J connectivity index is 1.62. The standard InChI is InChI=1S/C29H33N3O6S/c1-37-22-17-18-26(27(19-22)38-2)32(39(35,36)23-13-7-4-8-14-23)20-28(33)31-25-16-10-9-15-24(25)29(34)30-21-11-5-3-6-12-21/h4,7-10,13-19,21H,3,5-6,11-12,20H2,1-2H3,(H,30,34)(H,31,33). The molecule has 0 unspecified atom stereocenters. The van der Waals surface area contributed by atoms with Gasteiger partial charge in [-0.05, 0) is 49.2 Å². The van der Waals surface area contributed by atoms with Gasteiger partial charge >= 0.3 is 0 Å². The molecule has 3 aromatic carbocycles. The zero-order valence-corrected chi connectivity index (χ0v) is 22.9. The van der Waals surface area contributed by atoms with E-state index in [9.17, 15) is 18.0 Å². The quantitative estimate of drug-likeness (QED) is 0.381. The molecule has 0 radical (unpaired) electrons. The van der Waals surface area contributed by atoms with Crippen LogP contribution in [-0.4, -0.2) is 47.0 Å². The zero-order valence-electron chi connectivity index (χ0n) is 22.1. The summed E-state index contributed by atoms with van der Waals surface area (Å²) in [5, 5.41) is 5.80. The highest BCUT2D eigenvalue weighted by Crippen LogP contribution is 2.35. The van der Waals surface area contributed by atoms with Crippen LogP contribution in [0.15, 0.2) is 77.7 Å². The minimum absolute atomic E-state index is 0.0166. The molecule has 39 heavy (non-hydrogen) atoms. The van der Waals surface area contributed by atoms with Crippen LogP contribution >= 0.6 is 0 Å². The highest BCUT2D eigenvalue weighted by atomic mass is 32.2. The first-order chi connectivity index (χ1) is 18.8. The number of sulfonamides is 1. The van der Waals surface area contributed by atoms with Crippen molar-refractivity contribution in [2.75, 3.05) is 30.4 Å². The Hall–Kier alpha value is -4.05. The first-order valence-corrected chi connectivity index (χ1v) is 14.3. The van der Waals surface area contributed by atoms with Gasteiger partial charge in [0.15, 0.2) is 0 Å². The summed E-state index contributed by atoms with van der Waals surface area (Å²) in [6, 6.07) is 19.3. The lowest BCUT2D eigenvalue weighted by Gasteiger charge is -2.26. The molecule has 9 nitrogen and oxygen atoms in total. The summed E-state index contributed by atoms with van der Waals surface area (Å²) < 4.78 is 39.2. The molecular weight excluding hydrogens is 518 g/mol. The van der Waals surface area contributed by atoms with Gasteiger partial charge in [-0.25, -0.2) is 8.42 Å². The second-order valence-electron chi connectivity index (χ2n) is 9.26. The largest absolute Gasteiger partial charge is 0.497 e. The number of rotatable bonds is 10. The molecule has 206 valence electrons. The molecule has 0 aliphatic heterocycles. The van der Waals surface area contributed by atoms with Gasteiger partial charge in [0.05, 0.1) is 36.1 Å². The van der Waals surface area contributed by atoms with E-state index in [0.717, 1.165) is 30.0 Å². The maximum atomic E-state index is 13.7. The highest BCUT2D eigenvalue weighted by molar-refractivity contribution is 7.92. The molecule has 2 amide bonds. The summed E-state index contributed by atoms with van der Waals surface area (Å²) in [6.45, 7) is -0.557. The Labute approximate surface area is 229 Å². The fraction of sp³-hybridized carbons (Fsp3) is 0.310. The second-order valence-corrected chi connectivity index (χ2v) is 11.1. The van der Waals surface area contributed by atoms with E-state index in [4.69, 9.17) is 9.47 Å². The van der Waals surface area contributed by atoms with Gasteiger partial charge in [-0.15, -0.1) is 0 Å². The van der Waals surface area contributed by atoms with Gasteiger partial charge in [0.2, 0.25) is 5.91 Å². The Morgan fingerprint density at radius 3 is 2.28 bits per heavy atom. The first-order valence-electron chi connectivity index (χ1n) is 12.8. The van der Waals surface area contributed by atoms with Gasteiger partial charge in [-0.3, -0.25) is 13.9 Å². The minimum atomic E-state index is -4.17. The lowest BCUT2D eigenvalue weighted by atomic mass is 9.95. The third-order valence-electron chi connectivity index (χ3n) is 6.66. The predicted octanol–water partition coefficient (Wildman–Crippen LogP) is 4.60. The van der Waals surface area contributed by atoms with Gasteiger partial charge in [0.25, 0.3) is 15.9 Å². The number of methoxy groups -OCH3 is 2. The van der Waals surface area contributed by atoms with Crippen LogP contribution in [0.2, 0.25) is 0 Å². The Bertz CT molecular complexity index is 1410. The third kappa shape index (κ3) is 6.69. The first kappa shape index (κ1) is 28.0. The fourth-order valence-electron chi connectivity index (χ4n) is 4.63. The van der Waals surface area contributed by atoms with Crippen molar-refractivity contribution in [2.45, 2.75) is 43.0 Å². The maximum absolute atomic E-state index is 13.7. The number of carbonyl (C=O) groups excluding carboxylic acids is 2.